The number of carbonyl (C=O) groups is 2. The van der Waals surface area contributed by atoms with E-state index >= 15 is 0 Å². The fraction of sp³-hybridized carbons (Fsp3) is 0. The average Bonchev–Trinajstić information content (AvgIpc) is 2.39. The van der Waals surface area contributed by atoms with E-state index in [1.807, 2.05) is 0 Å². The van der Waals surface area contributed by atoms with Gasteiger partial charge in [-0.25, -0.2) is 4.79 Å². The van der Waals surface area contributed by atoms with Gasteiger partial charge in [0.1, 0.15) is 5.56 Å². The van der Waals surface area contributed by atoms with Crippen molar-refractivity contribution in [3.63, 3.8) is 0 Å². The van der Waals surface area contributed by atoms with Crippen LogP contribution in [0.25, 0.3) is 0 Å². The Hall–Kier alpha value is -1.60. The van der Waals surface area contributed by atoms with E-state index in [9.17, 15) is 9.59 Å². The summed E-state index contributed by atoms with van der Waals surface area (Å²) in [5, 5.41) is 11.8. The van der Waals surface area contributed by atoms with Gasteiger partial charge in [0.15, 0.2) is 0 Å². The van der Waals surface area contributed by atoms with E-state index in [1.54, 1.807) is 30.3 Å². The third kappa shape index (κ3) is 3.29. The molecule has 0 atom stereocenters. The average molecular weight is 402 g/mol. The summed E-state index contributed by atoms with van der Waals surface area (Å²) in [6.45, 7) is 0. The van der Waals surface area contributed by atoms with Crippen LogP contribution < -0.4 is 5.32 Å². The van der Waals surface area contributed by atoms with Crippen LogP contribution in [0.15, 0.2) is 42.5 Å². The topological polar surface area (TPSA) is 66.4 Å². The molecule has 0 radical (unpaired) electrons. The van der Waals surface area contributed by atoms with Crippen molar-refractivity contribution in [1.82, 2.24) is 0 Å². The molecule has 0 spiro atoms. The summed E-state index contributed by atoms with van der Waals surface area (Å²) in [5.74, 6) is -1.57. The van der Waals surface area contributed by atoms with Gasteiger partial charge in [0.25, 0.3) is 5.91 Å². The summed E-state index contributed by atoms with van der Waals surface area (Å²) in [6.07, 6.45) is 0. The number of anilines is 1. The summed E-state index contributed by atoms with van der Waals surface area (Å²) >= 11 is 7.98. The number of hydrogen-bond acceptors (Lipinski definition) is 2. The lowest BCUT2D eigenvalue weighted by molar-refractivity contribution is 0.0698. The van der Waals surface area contributed by atoms with Crippen LogP contribution in [0.1, 0.15) is 20.7 Å². The van der Waals surface area contributed by atoms with Gasteiger partial charge in [0, 0.05) is 9.13 Å². The Bertz CT molecular complexity index is 671. The Morgan fingerprint density at radius 1 is 1.10 bits per heavy atom. The molecule has 1 amide bonds. The zero-order chi connectivity index (χ0) is 14.7. The van der Waals surface area contributed by atoms with E-state index < -0.39 is 5.97 Å². The maximum Gasteiger partial charge on any atom is 0.339 e. The number of rotatable bonds is 3. The lowest BCUT2D eigenvalue weighted by Crippen LogP contribution is -2.15. The number of benzene rings is 2. The molecular formula is C14H9ClINO3. The number of halogens is 2. The van der Waals surface area contributed by atoms with Crippen LogP contribution in [0.3, 0.4) is 0 Å². The molecule has 2 aromatic carbocycles. The van der Waals surface area contributed by atoms with Gasteiger partial charge in [0.05, 0.1) is 10.7 Å². The summed E-state index contributed by atoms with van der Waals surface area (Å²) in [7, 11) is 0. The predicted molar refractivity (Wildman–Crippen MR) is 85.5 cm³/mol. The molecule has 0 aliphatic heterocycles. The summed E-state index contributed by atoms with van der Waals surface area (Å²) in [6, 6.07) is 11.5. The molecule has 2 aromatic rings. The van der Waals surface area contributed by atoms with E-state index in [-0.39, 0.29) is 22.2 Å². The van der Waals surface area contributed by atoms with Gasteiger partial charge in [-0.2, -0.15) is 0 Å². The molecule has 2 rings (SSSR count). The molecule has 0 heterocycles. The Balaban J connectivity index is 2.30. The highest BCUT2D eigenvalue weighted by molar-refractivity contribution is 14.1. The highest BCUT2D eigenvalue weighted by Gasteiger charge is 2.16. The Morgan fingerprint density at radius 2 is 1.75 bits per heavy atom. The van der Waals surface area contributed by atoms with Crippen LogP contribution in [-0.4, -0.2) is 17.0 Å². The summed E-state index contributed by atoms with van der Waals surface area (Å²) in [5.41, 5.74) is 0.503. The molecule has 0 aliphatic carbocycles. The van der Waals surface area contributed by atoms with E-state index in [4.69, 9.17) is 16.7 Å². The van der Waals surface area contributed by atoms with E-state index in [0.717, 1.165) is 3.57 Å². The highest BCUT2D eigenvalue weighted by atomic mass is 127. The van der Waals surface area contributed by atoms with Crippen LogP contribution in [-0.2, 0) is 0 Å². The maximum absolute atomic E-state index is 12.1. The molecular weight excluding hydrogens is 393 g/mol. The zero-order valence-electron chi connectivity index (χ0n) is 10.1. The molecule has 0 saturated carbocycles. The number of aromatic carboxylic acids is 1. The van der Waals surface area contributed by atoms with Crippen molar-refractivity contribution in [2.45, 2.75) is 0 Å². The molecule has 102 valence electrons. The van der Waals surface area contributed by atoms with Crippen molar-refractivity contribution in [1.29, 1.82) is 0 Å². The van der Waals surface area contributed by atoms with Crippen molar-refractivity contribution in [3.8, 4) is 0 Å². The molecule has 2 N–H and O–H groups in total. The highest BCUT2D eigenvalue weighted by Crippen LogP contribution is 2.24. The first-order chi connectivity index (χ1) is 9.49. The summed E-state index contributed by atoms with van der Waals surface area (Å²) < 4.78 is 1.01. The molecule has 6 heteroatoms. The van der Waals surface area contributed by atoms with Crippen molar-refractivity contribution >= 4 is 51.8 Å². The molecule has 0 saturated heterocycles. The lowest BCUT2D eigenvalue weighted by atomic mass is 10.1. The van der Waals surface area contributed by atoms with Crippen LogP contribution >= 0.6 is 34.2 Å². The predicted octanol–water partition coefficient (Wildman–Crippen LogP) is 3.90. The fourth-order valence-electron chi connectivity index (χ4n) is 1.64. The smallest absolute Gasteiger partial charge is 0.339 e. The Morgan fingerprint density at radius 3 is 2.35 bits per heavy atom. The minimum Gasteiger partial charge on any atom is -0.478 e. The lowest BCUT2D eigenvalue weighted by Gasteiger charge is -2.09. The first-order valence-corrected chi connectivity index (χ1v) is 7.03. The maximum atomic E-state index is 12.1. The van der Waals surface area contributed by atoms with Gasteiger partial charge < -0.3 is 10.4 Å². The normalized spacial score (nSPS) is 10.1. The van der Waals surface area contributed by atoms with Gasteiger partial charge in [-0.3, -0.25) is 4.79 Å². The molecule has 0 bridgehead atoms. The number of carbonyl (C=O) groups excluding carboxylic acids is 1. The second-order valence-electron chi connectivity index (χ2n) is 3.93. The van der Waals surface area contributed by atoms with Crippen LogP contribution in [0.5, 0.6) is 0 Å². The molecule has 0 aromatic heterocycles. The SMILES string of the molecule is O=C(Nc1cccc(Cl)c1C(=O)O)c1ccc(I)cc1. The largest absolute Gasteiger partial charge is 0.478 e. The Kier molecular flexibility index (Phi) is 4.61. The zero-order valence-corrected chi connectivity index (χ0v) is 13.0. The van der Waals surface area contributed by atoms with Crippen molar-refractivity contribution in [2.24, 2.45) is 0 Å². The second kappa shape index (κ2) is 6.23. The standard InChI is InChI=1S/C14H9ClINO3/c15-10-2-1-3-11(12(10)14(19)20)17-13(18)8-4-6-9(16)7-5-8/h1-7H,(H,17,18)(H,19,20). The first-order valence-electron chi connectivity index (χ1n) is 5.58. The van der Waals surface area contributed by atoms with E-state index in [1.165, 1.54) is 12.1 Å². The molecule has 20 heavy (non-hydrogen) atoms. The minimum absolute atomic E-state index is 0.0814. The van der Waals surface area contributed by atoms with Gasteiger partial charge in [-0.1, -0.05) is 17.7 Å². The number of nitrogens with one attached hydrogen (secondary N) is 1. The number of carboxylic acids is 1. The second-order valence-corrected chi connectivity index (χ2v) is 5.58. The van der Waals surface area contributed by atoms with Crippen molar-refractivity contribution in [2.75, 3.05) is 5.32 Å². The quantitative estimate of drug-likeness (QED) is 0.767. The molecule has 0 fully saturated rings. The van der Waals surface area contributed by atoms with E-state index in [2.05, 4.69) is 27.9 Å². The fourth-order valence-corrected chi connectivity index (χ4v) is 2.26. The van der Waals surface area contributed by atoms with Crippen LogP contribution in [0.2, 0.25) is 5.02 Å². The van der Waals surface area contributed by atoms with Gasteiger partial charge >= 0.3 is 5.97 Å². The van der Waals surface area contributed by atoms with Crippen LogP contribution in [0, 0.1) is 3.57 Å². The van der Waals surface area contributed by atoms with Gasteiger partial charge in [-0.05, 0) is 59.0 Å². The summed E-state index contributed by atoms with van der Waals surface area (Å²) in [4.78, 5) is 23.2. The van der Waals surface area contributed by atoms with Gasteiger partial charge in [0.2, 0.25) is 0 Å². The van der Waals surface area contributed by atoms with Crippen molar-refractivity contribution < 1.29 is 14.7 Å². The third-order valence-corrected chi connectivity index (χ3v) is 3.62. The first kappa shape index (κ1) is 14.8. The monoisotopic (exact) mass is 401 g/mol. The molecule has 0 aliphatic rings. The minimum atomic E-state index is -1.19. The van der Waals surface area contributed by atoms with Crippen molar-refractivity contribution in [3.05, 3.63) is 62.2 Å². The number of hydrogen-bond donors (Lipinski definition) is 2. The van der Waals surface area contributed by atoms with Crippen LogP contribution in [0.4, 0.5) is 5.69 Å². The number of amides is 1. The van der Waals surface area contributed by atoms with Gasteiger partial charge in [-0.15, -0.1) is 0 Å². The number of carboxylic acid groups (broad SMARTS) is 1. The Labute approximate surface area is 133 Å². The molecule has 4 nitrogen and oxygen atoms in total. The van der Waals surface area contributed by atoms with E-state index in [0.29, 0.717) is 5.56 Å². The molecule has 0 unspecified atom stereocenters. The third-order valence-electron chi connectivity index (χ3n) is 2.58.